The maximum absolute atomic E-state index is 12.9. The lowest BCUT2D eigenvalue weighted by Crippen LogP contribution is -2.56. The number of nitrogens with zero attached hydrogens (tertiary/aromatic N) is 2. The third-order valence-electron chi connectivity index (χ3n) is 6.10. The predicted molar refractivity (Wildman–Crippen MR) is 121 cm³/mol. The van der Waals surface area contributed by atoms with Gasteiger partial charge >= 0.3 is 0 Å². The van der Waals surface area contributed by atoms with Crippen molar-refractivity contribution in [2.24, 2.45) is 0 Å². The molecule has 30 heavy (non-hydrogen) atoms. The molecular formula is C23H28N4O2S. The zero-order valence-electron chi connectivity index (χ0n) is 17.1. The van der Waals surface area contributed by atoms with Gasteiger partial charge in [0.05, 0.1) is 5.56 Å². The predicted octanol–water partition coefficient (Wildman–Crippen LogP) is 3.43. The van der Waals surface area contributed by atoms with E-state index in [0.29, 0.717) is 23.4 Å². The SMILES string of the molecule is O=C(NCC1(N2CCSCC2)CCCC1)c1cccc(NC(=O)c2cccnc2)c1. The van der Waals surface area contributed by atoms with Gasteiger partial charge in [0.15, 0.2) is 0 Å². The Kier molecular flexibility index (Phi) is 6.69. The molecule has 2 heterocycles. The quantitative estimate of drug-likeness (QED) is 0.743. The molecule has 7 heteroatoms. The monoisotopic (exact) mass is 424 g/mol. The highest BCUT2D eigenvalue weighted by atomic mass is 32.2. The summed E-state index contributed by atoms with van der Waals surface area (Å²) in [6.07, 6.45) is 7.91. The van der Waals surface area contributed by atoms with Gasteiger partial charge in [0, 0.05) is 60.3 Å². The second-order valence-electron chi connectivity index (χ2n) is 7.99. The van der Waals surface area contributed by atoms with Crippen molar-refractivity contribution in [3.05, 3.63) is 59.9 Å². The van der Waals surface area contributed by atoms with E-state index in [4.69, 9.17) is 0 Å². The summed E-state index contributed by atoms with van der Waals surface area (Å²) in [5.41, 5.74) is 1.74. The van der Waals surface area contributed by atoms with Crippen LogP contribution >= 0.6 is 11.8 Å². The van der Waals surface area contributed by atoms with Crippen molar-refractivity contribution in [2.75, 3.05) is 36.5 Å². The van der Waals surface area contributed by atoms with Crippen LogP contribution in [0, 0.1) is 0 Å². The largest absolute Gasteiger partial charge is 0.350 e. The molecule has 0 radical (unpaired) electrons. The van der Waals surface area contributed by atoms with Crippen molar-refractivity contribution in [3.63, 3.8) is 0 Å². The number of benzene rings is 1. The topological polar surface area (TPSA) is 74.3 Å². The Bertz CT molecular complexity index is 878. The van der Waals surface area contributed by atoms with Gasteiger partial charge in [0.1, 0.15) is 0 Å². The molecule has 2 N–H and O–H groups in total. The summed E-state index contributed by atoms with van der Waals surface area (Å²) in [5.74, 6) is 2.02. The molecule has 2 aromatic rings. The van der Waals surface area contributed by atoms with Gasteiger partial charge in [-0.2, -0.15) is 11.8 Å². The molecule has 2 aliphatic rings. The number of pyridine rings is 1. The summed E-state index contributed by atoms with van der Waals surface area (Å²) < 4.78 is 0. The summed E-state index contributed by atoms with van der Waals surface area (Å²) >= 11 is 2.01. The van der Waals surface area contributed by atoms with Crippen LogP contribution in [-0.4, -0.2) is 58.4 Å². The van der Waals surface area contributed by atoms with Crippen molar-refractivity contribution in [1.29, 1.82) is 0 Å². The summed E-state index contributed by atoms with van der Waals surface area (Å²) in [6, 6.07) is 10.5. The van der Waals surface area contributed by atoms with E-state index in [1.54, 1.807) is 42.6 Å². The van der Waals surface area contributed by atoms with Crippen LogP contribution in [0.15, 0.2) is 48.8 Å². The van der Waals surface area contributed by atoms with Crippen molar-refractivity contribution in [3.8, 4) is 0 Å². The fourth-order valence-electron chi connectivity index (χ4n) is 4.46. The van der Waals surface area contributed by atoms with E-state index in [1.807, 2.05) is 11.8 Å². The minimum atomic E-state index is -0.242. The van der Waals surface area contributed by atoms with Gasteiger partial charge < -0.3 is 10.6 Å². The van der Waals surface area contributed by atoms with Gasteiger partial charge in [-0.3, -0.25) is 19.5 Å². The molecule has 0 atom stereocenters. The Morgan fingerprint density at radius 1 is 1.03 bits per heavy atom. The summed E-state index contributed by atoms with van der Waals surface area (Å²) in [4.78, 5) is 31.8. The molecule has 0 bridgehead atoms. The van der Waals surface area contributed by atoms with Crippen LogP contribution in [0.25, 0.3) is 0 Å². The van der Waals surface area contributed by atoms with E-state index >= 15 is 0 Å². The highest BCUT2D eigenvalue weighted by Gasteiger charge is 2.40. The van der Waals surface area contributed by atoms with Crippen molar-refractivity contribution in [2.45, 2.75) is 31.2 Å². The molecular weight excluding hydrogens is 396 g/mol. The number of anilines is 1. The minimum absolute atomic E-state index is 0.0925. The number of hydrogen-bond donors (Lipinski definition) is 2. The second kappa shape index (κ2) is 9.62. The highest BCUT2D eigenvalue weighted by Crippen LogP contribution is 2.36. The summed E-state index contributed by atoms with van der Waals surface area (Å²) in [6.45, 7) is 2.90. The third kappa shape index (κ3) is 4.84. The average Bonchev–Trinajstić information content (AvgIpc) is 3.29. The molecule has 1 saturated carbocycles. The van der Waals surface area contributed by atoms with E-state index in [0.717, 1.165) is 25.9 Å². The molecule has 6 nitrogen and oxygen atoms in total. The van der Waals surface area contributed by atoms with E-state index in [2.05, 4.69) is 20.5 Å². The van der Waals surface area contributed by atoms with Crippen LogP contribution in [0.2, 0.25) is 0 Å². The molecule has 2 fully saturated rings. The Labute approximate surface area is 181 Å². The highest BCUT2D eigenvalue weighted by molar-refractivity contribution is 7.99. The number of carbonyl (C=O) groups excluding carboxylic acids is 2. The smallest absolute Gasteiger partial charge is 0.257 e. The Morgan fingerprint density at radius 2 is 1.80 bits per heavy atom. The zero-order chi connectivity index (χ0) is 20.8. The number of nitrogens with one attached hydrogen (secondary N) is 2. The van der Waals surface area contributed by atoms with E-state index in [9.17, 15) is 9.59 Å². The molecule has 1 aliphatic heterocycles. The van der Waals surface area contributed by atoms with Gasteiger partial charge in [0.2, 0.25) is 0 Å². The van der Waals surface area contributed by atoms with Crippen molar-refractivity contribution < 1.29 is 9.59 Å². The number of aromatic nitrogens is 1. The molecule has 1 aliphatic carbocycles. The Morgan fingerprint density at radius 3 is 2.53 bits per heavy atom. The molecule has 0 unspecified atom stereocenters. The number of amides is 2. The first-order valence-corrected chi connectivity index (χ1v) is 11.7. The van der Waals surface area contributed by atoms with Crippen LogP contribution in [0.3, 0.4) is 0 Å². The number of carbonyl (C=O) groups is 2. The van der Waals surface area contributed by atoms with E-state index in [1.165, 1.54) is 30.5 Å². The van der Waals surface area contributed by atoms with Crippen LogP contribution in [-0.2, 0) is 0 Å². The lowest BCUT2D eigenvalue weighted by Gasteiger charge is -2.43. The van der Waals surface area contributed by atoms with Gasteiger partial charge in [-0.1, -0.05) is 18.9 Å². The maximum Gasteiger partial charge on any atom is 0.257 e. The van der Waals surface area contributed by atoms with Crippen molar-refractivity contribution >= 4 is 29.3 Å². The molecule has 0 spiro atoms. The van der Waals surface area contributed by atoms with Gasteiger partial charge in [-0.05, 0) is 43.2 Å². The van der Waals surface area contributed by atoms with E-state index in [-0.39, 0.29) is 17.4 Å². The Hall–Kier alpha value is -2.38. The van der Waals surface area contributed by atoms with Crippen LogP contribution in [0.5, 0.6) is 0 Å². The van der Waals surface area contributed by atoms with Crippen LogP contribution < -0.4 is 10.6 Å². The average molecular weight is 425 g/mol. The fraction of sp³-hybridized carbons (Fsp3) is 0.435. The van der Waals surface area contributed by atoms with Gasteiger partial charge in [0.25, 0.3) is 11.8 Å². The van der Waals surface area contributed by atoms with Gasteiger partial charge in [-0.25, -0.2) is 0 Å². The molecule has 1 aromatic carbocycles. The van der Waals surface area contributed by atoms with Crippen LogP contribution in [0.4, 0.5) is 5.69 Å². The van der Waals surface area contributed by atoms with Crippen molar-refractivity contribution in [1.82, 2.24) is 15.2 Å². The molecule has 2 amide bonds. The molecule has 1 aromatic heterocycles. The van der Waals surface area contributed by atoms with Crippen LogP contribution in [0.1, 0.15) is 46.4 Å². The number of hydrogen-bond acceptors (Lipinski definition) is 5. The maximum atomic E-state index is 12.9. The number of thioether (sulfide) groups is 1. The normalized spacial score (nSPS) is 18.7. The lowest BCUT2D eigenvalue weighted by atomic mass is 9.94. The van der Waals surface area contributed by atoms with Gasteiger partial charge in [-0.15, -0.1) is 0 Å². The standard InChI is InChI=1S/C23H28N4O2S/c28-21(25-17-23(8-1-2-9-23)27-11-13-30-14-12-27)18-5-3-7-20(15-18)26-22(29)19-6-4-10-24-16-19/h3-7,10,15-16H,1-2,8-9,11-14,17H2,(H,25,28)(H,26,29). The Balaban J connectivity index is 1.39. The third-order valence-corrected chi connectivity index (χ3v) is 7.04. The first-order valence-electron chi connectivity index (χ1n) is 10.6. The summed E-state index contributed by atoms with van der Waals surface area (Å²) in [7, 11) is 0. The lowest BCUT2D eigenvalue weighted by molar-refractivity contribution is 0.0817. The molecule has 158 valence electrons. The van der Waals surface area contributed by atoms with E-state index < -0.39 is 0 Å². The fourth-order valence-corrected chi connectivity index (χ4v) is 5.36. The summed E-state index contributed by atoms with van der Waals surface area (Å²) in [5, 5.41) is 6.02. The minimum Gasteiger partial charge on any atom is -0.350 e. The molecule has 4 rings (SSSR count). The second-order valence-corrected chi connectivity index (χ2v) is 9.21. The number of rotatable bonds is 6. The first-order chi connectivity index (χ1) is 14.7. The first kappa shape index (κ1) is 20.9. The molecule has 1 saturated heterocycles. The zero-order valence-corrected chi connectivity index (χ0v) is 17.9.